The minimum Gasteiger partial charge on any atom is -0.379 e. The summed E-state index contributed by atoms with van der Waals surface area (Å²) in [6, 6.07) is 0.795. The molecule has 4 fully saturated rings. The van der Waals surface area contributed by atoms with Crippen molar-refractivity contribution in [3.05, 3.63) is 11.8 Å². The van der Waals surface area contributed by atoms with Gasteiger partial charge < -0.3 is 21.1 Å². The third-order valence-electron chi connectivity index (χ3n) is 5.99. The van der Waals surface area contributed by atoms with Gasteiger partial charge in [0.2, 0.25) is 5.95 Å². The Morgan fingerprint density at radius 3 is 2.52 bits per heavy atom. The molecule has 4 aliphatic carbocycles. The average molecular weight is 345 g/mol. The van der Waals surface area contributed by atoms with Crippen LogP contribution in [-0.4, -0.2) is 40.7 Å². The van der Waals surface area contributed by atoms with Gasteiger partial charge >= 0.3 is 0 Å². The number of aromatic nitrogens is 2. The number of anilines is 2. The summed E-state index contributed by atoms with van der Waals surface area (Å²) in [5.41, 5.74) is 5.85. The van der Waals surface area contributed by atoms with Gasteiger partial charge in [0.15, 0.2) is 0 Å². The second kappa shape index (κ2) is 6.78. The third-order valence-corrected chi connectivity index (χ3v) is 5.99. The molecule has 4 aliphatic rings. The molecule has 0 atom stereocenters. The first-order valence-electron chi connectivity index (χ1n) is 9.45. The summed E-state index contributed by atoms with van der Waals surface area (Å²) >= 11 is 0. The van der Waals surface area contributed by atoms with Gasteiger partial charge in [-0.25, -0.2) is 4.98 Å². The van der Waals surface area contributed by atoms with E-state index in [1.54, 1.807) is 0 Å². The zero-order chi connectivity index (χ0) is 17.4. The maximum atomic E-state index is 11.7. The molecule has 1 aromatic rings. The van der Waals surface area contributed by atoms with E-state index in [0.29, 0.717) is 35.5 Å². The van der Waals surface area contributed by atoms with E-state index in [0.717, 1.165) is 44.1 Å². The van der Waals surface area contributed by atoms with Crippen molar-refractivity contribution in [2.45, 2.75) is 63.6 Å². The summed E-state index contributed by atoms with van der Waals surface area (Å²) in [5, 5.41) is 6.83. The van der Waals surface area contributed by atoms with E-state index in [2.05, 4.69) is 20.6 Å². The zero-order valence-electron chi connectivity index (χ0n) is 14.7. The van der Waals surface area contributed by atoms with E-state index < -0.39 is 5.91 Å². The normalized spacial score (nSPS) is 33.1. The maximum Gasteiger partial charge on any atom is 0.254 e. The van der Waals surface area contributed by atoms with Crippen LogP contribution in [0.4, 0.5) is 11.8 Å². The molecule has 5 rings (SSSR count). The number of amides is 1. The minimum atomic E-state index is -0.487. The summed E-state index contributed by atoms with van der Waals surface area (Å²) in [5.74, 6) is 2.11. The van der Waals surface area contributed by atoms with E-state index in [1.165, 1.54) is 19.0 Å². The molecule has 4 N–H and O–H groups in total. The Morgan fingerprint density at radius 1 is 1.24 bits per heavy atom. The van der Waals surface area contributed by atoms with E-state index in [-0.39, 0.29) is 0 Å². The summed E-state index contributed by atoms with van der Waals surface area (Å²) in [4.78, 5) is 20.5. The quantitative estimate of drug-likeness (QED) is 0.700. The SMILES string of the molecule is CCOC1CCC(Nc2ncc(C(N)=O)c(NC3C4CC3C4)n2)CC1. The van der Waals surface area contributed by atoms with Crippen LogP contribution in [0.2, 0.25) is 0 Å². The predicted molar refractivity (Wildman–Crippen MR) is 95.5 cm³/mol. The van der Waals surface area contributed by atoms with E-state index >= 15 is 0 Å². The number of rotatable bonds is 7. The molecule has 0 radical (unpaired) electrons. The van der Waals surface area contributed by atoms with Crippen molar-refractivity contribution in [2.75, 3.05) is 17.2 Å². The average Bonchev–Trinajstić information content (AvgIpc) is 2.53. The monoisotopic (exact) mass is 345 g/mol. The predicted octanol–water partition coefficient (Wildman–Crippen LogP) is 2.16. The van der Waals surface area contributed by atoms with Crippen LogP contribution in [0.25, 0.3) is 0 Å². The number of hydrogen-bond acceptors (Lipinski definition) is 6. The first-order chi connectivity index (χ1) is 12.1. The van der Waals surface area contributed by atoms with Crippen LogP contribution in [0.5, 0.6) is 0 Å². The number of nitrogens with one attached hydrogen (secondary N) is 2. The molecule has 0 unspecified atom stereocenters. The largest absolute Gasteiger partial charge is 0.379 e. The van der Waals surface area contributed by atoms with E-state index in [9.17, 15) is 4.79 Å². The molecule has 0 aliphatic heterocycles. The molecule has 1 amide bonds. The number of carbonyl (C=O) groups excluding carboxylic acids is 1. The Balaban J connectivity index is 1.40. The van der Waals surface area contributed by atoms with Crippen LogP contribution in [0.1, 0.15) is 55.8 Å². The van der Waals surface area contributed by atoms with Crippen molar-refractivity contribution in [3.63, 3.8) is 0 Å². The minimum absolute atomic E-state index is 0.348. The summed E-state index contributed by atoms with van der Waals surface area (Å²) in [6.07, 6.45) is 8.70. The van der Waals surface area contributed by atoms with Gasteiger partial charge in [-0.2, -0.15) is 4.98 Å². The highest BCUT2D eigenvalue weighted by atomic mass is 16.5. The molecule has 7 nitrogen and oxygen atoms in total. The van der Waals surface area contributed by atoms with Crippen molar-refractivity contribution in [3.8, 4) is 0 Å². The highest BCUT2D eigenvalue weighted by Crippen LogP contribution is 2.54. The Bertz CT molecular complexity index is 630. The molecular formula is C18H27N5O2. The van der Waals surface area contributed by atoms with Crippen LogP contribution in [0.3, 0.4) is 0 Å². The van der Waals surface area contributed by atoms with Crippen molar-refractivity contribution in [1.29, 1.82) is 0 Å². The van der Waals surface area contributed by atoms with Crippen LogP contribution < -0.4 is 16.4 Å². The zero-order valence-corrected chi connectivity index (χ0v) is 14.7. The lowest BCUT2D eigenvalue weighted by molar-refractivity contribution is -0.00415. The molecular weight excluding hydrogens is 318 g/mol. The number of ether oxygens (including phenoxy) is 1. The number of nitrogens with two attached hydrogens (primary N) is 1. The molecule has 4 saturated carbocycles. The first kappa shape index (κ1) is 16.6. The highest BCUT2D eigenvalue weighted by molar-refractivity contribution is 5.97. The van der Waals surface area contributed by atoms with Gasteiger partial charge in [0.1, 0.15) is 5.82 Å². The molecule has 0 spiro atoms. The lowest BCUT2D eigenvalue weighted by Crippen LogP contribution is -2.59. The maximum absolute atomic E-state index is 11.7. The number of primary amides is 1. The molecule has 7 heteroatoms. The van der Waals surface area contributed by atoms with Crippen LogP contribution in [0, 0.1) is 11.8 Å². The highest BCUT2D eigenvalue weighted by Gasteiger charge is 2.52. The van der Waals surface area contributed by atoms with Gasteiger partial charge in [-0.05, 0) is 57.3 Å². The van der Waals surface area contributed by atoms with Gasteiger partial charge in [-0.15, -0.1) is 0 Å². The topological polar surface area (TPSA) is 102 Å². The number of hydrogen-bond donors (Lipinski definition) is 3. The standard InChI is InChI=1S/C18H27N5O2/c1-2-25-13-5-3-12(4-6-13)21-18-20-9-14(16(19)24)17(23-18)22-15-10-7-11(15)8-10/h9-13,15H,2-8H2,1H3,(H2,19,24)(H2,20,21,22,23). The molecule has 1 heterocycles. The lowest BCUT2D eigenvalue weighted by atomic mass is 9.52. The van der Waals surface area contributed by atoms with Crippen molar-refractivity contribution < 1.29 is 9.53 Å². The molecule has 136 valence electrons. The smallest absolute Gasteiger partial charge is 0.254 e. The Hall–Kier alpha value is -1.89. The second-order valence-electron chi connectivity index (χ2n) is 7.56. The summed E-state index contributed by atoms with van der Waals surface area (Å²) in [6.45, 7) is 2.82. The summed E-state index contributed by atoms with van der Waals surface area (Å²) < 4.78 is 5.70. The van der Waals surface area contributed by atoms with Gasteiger partial charge in [0.25, 0.3) is 5.91 Å². The van der Waals surface area contributed by atoms with Crippen molar-refractivity contribution in [1.82, 2.24) is 9.97 Å². The fourth-order valence-electron chi connectivity index (χ4n) is 4.22. The van der Waals surface area contributed by atoms with Crippen LogP contribution >= 0.6 is 0 Å². The molecule has 2 bridgehead atoms. The lowest BCUT2D eigenvalue weighted by Gasteiger charge is -2.58. The first-order valence-corrected chi connectivity index (χ1v) is 9.45. The fourth-order valence-corrected chi connectivity index (χ4v) is 4.22. The number of carbonyl (C=O) groups is 1. The van der Waals surface area contributed by atoms with Crippen molar-refractivity contribution in [2.24, 2.45) is 17.6 Å². The Labute approximate surface area is 148 Å². The molecule has 25 heavy (non-hydrogen) atoms. The molecule has 0 saturated heterocycles. The van der Waals surface area contributed by atoms with Gasteiger partial charge in [0, 0.05) is 24.9 Å². The van der Waals surface area contributed by atoms with Crippen LogP contribution in [0.15, 0.2) is 6.20 Å². The van der Waals surface area contributed by atoms with Crippen molar-refractivity contribution >= 4 is 17.7 Å². The fraction of sp³-hybridized carbons (Fsp3) is 0.722. The van der Waals surface area contributed by atoms with E-state index in [1.807, 2.05) is 6.92 Å². The number of nitrogens with zero attached hydrogens (tertiary/aromatic N) is 2. The molecule has 1 aromatic heterocycles. The Morgan fingerprint density at radius 2 is 1.96 bits per heavy atom. The van der Waals surface area contributed by atoms with Gasteiger partial charge in [-0.3, -0.25) is 4.79 Å². The van der Waals surface area contributed by atoms with Gasteiger partial charge in [0.05, 0.1) is 11.7 Å². The Kier molecular flexibility index (Phi) is 4.50. The second-order valence-corrected chi connectivity index (χ2v) is 7.56. The molecule has 0 aromatic carbocycles. The van der Waals surface area contributed by atoms with Crippen LogP contribution in [-0.2, 0) is 4.74 Å². The van der Waals surface area contributed by atoms with Gasteiger partial charge in [-0.1, -0.05) is 0 Å². The third kappa shape index (κ3) is 3.29. The van der Waals surface area contributed by atoms with E-state index in [4.69, 9.17) is 10.5 Å². The summed E-state index contributed by atoms with van der Waals surface area (Å²) in [7, 11) is 0.